The Hall–Kier alpha value is -0.770. The summed E-state index contributed by atoms with van der Waals surface area (Å²) in [5.41, 5.74) is 6.09. The fourth-order valence-electron chi connectivity index (χ4n) is 5.34. The number of rotatable bonds is 2. The van der Waals surface area contributed by atoms with Gasteiger partial charge in [-0.25, -0.2) is 4.79 Å². The number of likely N-dealkylation sites (tertiary alicyclic amines) is 1. The molecule has 0 aromatic rings. The maximum atomic E-state index is 12.6. The Labute approximate surface area is 135 Å². The van der Waals surface area contributed by atoms with Crippen LogP contribution in [0.3, 0.4) is 0 Å². The molecule has 0 aromatic carbocycles. The van der Waals surface area contributed by atoms with Gasteiger partial charge in [-0.2, -0.15) is 0 Å². The molecular formula is C18H34N2O2. The first-order valence-corrected chi connectivity index (χ1v) is 8.94. The van der Waals surface area contributed by atoms with Crippen molar-refractivity contribution in [3.8, 4) is 0 Å². The van der Waals surface area contributed by atoms with E-state index in [1.807, 2.05) is 11.8 Å². The van der Waals surface area contributed by atoms with Crippen molar-refractivity contribution in [2.24, 2.45) is 17.6 Å². The predicted molar refractivity (Wildman–Crippen MR) is 89.7 cm³/mol. The summed E-state index contributed by atoms with van der Waals surface area (Å²) in [4.78, 5) is 14.6. The molecule has 0 spiro atoms. The number of amides is 1. The first-order valence-electron chi connectivity index (χ1n) is 8.94. The normalized spacial score (nSPS) is 31.8. The lowest BCUT2D eigenvalue weighted by molar-refractivity contribution is -0.0831. The van der Waals surface area contributed by atoms with Gasteiger partial charge < -0.3 is 10.5 Å². The second-order valence-corrected chi connectivity index (χ2v) is 8.29. The summed E-state index contributed by atoms with van der Waals surface area (Å²) < 4.78 is 5.37. The predicted octanol–water partition coefficient (Wildman–Crippen LogP) is 3.93. The Morgan fingerprint density at radius 2 is 1.77 bits per heavy atom. The largest absolute Gasteiger partial charge is 0.450 e. The fraction of sp³-hybridized carbons (Fsp3) is 0.944. The molecule has 2 N–H and O–H groups in total. The van der Waals surface area contributed by atoms with Crippen LogP contribution in [0.15, 0.2) is 0 Å². The Morgan fingerprint density at radius 3 is 2.32 bits per heavy atom. The molecule has 1 heterocycles. The average Bonchev–Trinajstić information content (AvgIpc) is 2.37. The number of hydrogen-bond donors (Lipinski definition) is 1. The topological polar surface area (TPSA) is 55.6 Å². The zero-order valence-electron chi connectivity index (χ0n) is 15.0. The third kappa shape index (κ3) is 3.12. The lowest BCUT2D eigenvalue weighted by Crippen LogP contribution is -2.71. The monoisotopic (exact) mass is 310 g/mol. The van der Waals surface area contributed by atoms with Gasteiger partial charge in [-0.15, -0.1) is 0 Å². The molecule has 128 valence electrons. The molecule has 22 heavy (non-hydrogen) atoms. The number of piperidine rings is 1. The van der Waals surface area contributed by atoms with Crippen molar-refractivity contribution in [3.63, 3.8) is 0 Å². The van der Waals surface area contributed by atoms with Crippen LogP contribution in [0.4, 0.5) is 4.79 Å². The molecule has 4 nitrogen and oxygen atoms in total. The summed E-state index contributed by atoms with van der Waals surface area (Å²) in [5.74, 6) is 0.983. The van der Waals surface area contributed by atoms with Crippen molar-refractivity contribution >= 4 is 6.09 Å². The number of nitrogens with two attached hydrogens (primary N) is 1. The molecule has 2 fully saturated rings. The Morgan fingerprint density at radius 1 is 1.18 bits per heavy atom. The number of nitrogens with zero attached hydrogens (tertiary/aromatic N) is 1. The summed E-state index contributed by atoms with van der Waals surface area (Å²) in [6, 6.07) is 0.152. The highest BCUT2D eigenvalue weighted by atomic mass is 16.6. The van der Waals surface area contributed by atoms with Gasteiger partial charge in [0.1, 0.15) is 0 Å². The van der Waals surface area contributed by atoms with E-state index in [0.29, 0.717) is 18.4 Å². The van der Waals surface area contributed by atoms with Gasteiger partial charge in [0.2, 0.25) is 0 Å². The van der Waals surface area contributed by atoms with Crippen LogP contribution >= 0.6 is 0 Å². The summed E-state index contributed by atoms with van der Waals surface area (Å²) in [7, 11) is 0. The molecule has 2 rings (SSSR count). The van der Waals surface area contributed by atoms with Crippen LogP contribution < -0.4 is 5.73 Å². The lowest BCUT2D eigenvalue weighted by atomic mass is 9.62. The van der Waals surface area contributed by atoms with E-state index >= 15 is 0 Å². The molecule has 2 atom stereocenters. The van der Waals surface area contributed by atoms with Crippen molar-refractivity contribution in [3.05, 3.63) is 0 Å². The van der Waals surface area contributed by atoms with Gasteiger partial charge in [0.25, 0.3) is 0 Å². The molecule has 1 aliphatic heterocycles. The van der Waals surface area contributed by atoms with Crippen LogP contribution in [0, 0.1) is 11.8 Å². The minimum Gasteiger partial charge on any atom is -0.450 e. The molecule has 1 amide bonds. The van der Waals surface area contributed by atoms with Crippen LogP contribution in [0.1, 0.15) is 73.1 Å². The number of hydrogen-bond acceptors (Lipinski definition) is 3. The summed E-state index contributed by atoms with van der Waals surface area (Å²) in [5, 5.41) is 0. The van der Waals surface area contributed by atoms with E-state index in [2.05, 4.69) is 27.7 Å². The molecule has 2 unspecified atom stereocenters. The zero-order chi connectivity index (χ0) is 16.5. The van der Waals surface area contributed by atoms with E-state index in [1.54, 1.807) is 0 Å². The standard InChI is InChI=1S/C18H34N2O2/c1-6-22-16(21)20-17(2,3)12-14(19)15(18(20,4)5)13-10-8-7-9-11-13/h13-15H,6-12,19H2,1-5H3. The Kier molecular flexibility index (Phi) is 5.10. The summed E-state index contributed by atoms with van der Waals surface area (Å²) >= 11 is 0. The van der Waals surface area contributed by atoms with Crippen molar-refractivity contribution in [1.82, 2.24) is 4.90 Å². The van der Waals surface area contributed by atoms with Gasteiger partial charge in [-0.3, -0.25) is 4.90 Å². The summed E-state index contributed by atoms with van der Waals surface area (Å²) in [6.07, 6.45) is 7.09. The van der Waals surface area contributed by atoms with Crippen LogP contribution in [0.25, 0.3) is 0 Å². The van der Waals surface area contributed by atoms with E-state index in [-0.39, 0.29) is 23.2 Å². The third-order valence-electron chi connectivity index (χ3n) is 5.80. The molecule has 1 saturated heterocycles. The van der Waals surface area contributed by atoms with E-state index in [1.165, 1.54) is 32.1 Å². The molecule has 1 aliphatic carbocycles. The summed E-state index contributed by atoms with van der Waals surface area (Å²) in [6.45, 7) is 10.9. The maximum absolute atomic E-state index is 12.6. The van der Waals surface area contributed by atoms with Gasteiger partial charge in [0.15, 0.2) is 0 Å². The van der Waals surface area contributed by atoms with Gasteiger partial charge in [0.05, 0.1) is 6.61 Å². The van der Waals surface area contributed by atoms with Crippen LogP contribution in [0.2, 0.25) is 0 Å². The molecule has 0 radical (unpaired) electrons. The minimum atomic E-state index is -0.268. The number of carbonyl (C=O) groups is 1. The molecular weight excluding hydrogens is 276 g/mol. The highest BCUT2D eigenvalue weighted by Crippen LogP contribution is 2.48. The molecule has 0 bridgehead atoms. The molecule has 1 saturated carbocycles. The van der Waals surface area contributed by atoms with Gasteiger partial charge in [-0.1, -0.05) is 32.1 Å². The van der Waals surface area contributed by atoms with Gasteiger partial charge in [0, 0.05) is 17.1 Å². The fourth-order valence-corrected chi connectivity index (χ4v) is 5.34. The second-order valence-electron chi connectivity index (χ2n) is 8.29. The number of ether oxygens (including phenoxy) is 1. The Bertz CT molecular complexity index is 400. The molecule has 0 aromatic heterocycles. The minimum absolute atomic E-state index is 0.152. The number of carbonyl (C=O) groups excluding carboxylic acids is 1. The van der Waals surface area contributed by atoms with Crippen molar-refractivity contribution in [1.29, 1.82) is 0 Å². The van der Waals surface area contributed by atoms with Gasteiger partial charge in [-0.05, 0) is 52.9 Å². The molecule has 4 heteroatoms. The van der Waals surface area contributed by atoms with Crippen LogP contribution in [-0.4, -0.2) is 34.7 Å². The second kappa shape index (κ2) is 6.38. The van der Waals surface area contributed by atoms with E-state index in [0.717, 1.165) is 6.42 Å². The van der Waals surface area contributed by atoms with Crippen LogP contribution in [0.5, 0.6) is 0 Å². The highest BCUT2D eigenvalue weighted by molar-refractivity contribution is 5.70. The zero-order valence-corrected chi connectivity index (χ0v) is 15.0. The van der Waals surface area contributed by atoms with E-state index in [4.69, 9.17) is 10.5 Å². The quantitative estimate of drug-likeness (QED) is 0.840. The maximum Gasteiger partial charge on any atom is 0.410 e. The van der Waals surface area contributed by atoms with Gasteiger partial charge >= 0.3 is 6.09 Å². The van der Waals surface area contributed by atoms with E-state index in [9.17, 15) is 4.79 Å². The first kappa shape index (κ1) is 17.6. The smallest absolute Gasteiger partial charge is 0.410 e. The van der Waals surface area contributed by atoms with Crippen LogP contribution in [-0.2, 0) is 4.74 Å². The highest BCUT2D eigenvalue weighted by Gasteiger charge is 2.55. The van der Waals surface area contributed by atoms with Crippen molar-refractivity contribution < 1.29 is 9.53 Å². The Balaban J connectivity index is 2.32. The molecule has 2 aliphatic rings. The third-order valence-corrected chi connectivity index (χ3v) is 5.80. The average molecular weight is 310 g/mol. The SMILES string of the molecule is CCOC(=O)N1C(C)(C)CC(N)C(C2CCCCC2)C1(C)C. The lowest BCUT2D eigenvalue weighted by Gasteiger charge is -2.60. The van der Waals surface area contributed by atoms with Crippen molar-refractivity contribution in [2.75, 3.05) is 6.61 Å². The van der Waals surface area contributed by atoms with Crippen molar-refractivity contribution in [2.45, 2.75) is 90.3 Å². The van der Waals surface area contributed by atoms with E-state index < -0.39 is 0 Å². The first-order chi connectivity index (χ1) is 10.2.